The van der Waals surface area contributed by atoms with Crippen LogP contribution in [0.2, 0.25) is 0 Å². The predicted molar refractivity (Wildman–Crippen MR) is 111 cm³/mol. The van der Waals surface area contributed by atoms with E-state index in [-0.39, 0.29) is 30.1 Å². The number of hydrogen-bond acceptors (Lipinski definition) is 7. The molecule has 156 valence electrons. The Labute approximate surface area is 173 Å². The van der Waals surface area contributed by atoms with Gasteiger partial charge < -0.3 is 14.8 Å². The molecule has 1 aliphatic heterocycles. The normalized spacial score (nSPS) is 15.8. The lowest BCUT2D eigenvalue weighted by molar-refractivity contribution is -0.122. The summed E-state index contributed by atoms with van der Waals surface area (Å²) in [6.45, 7) is 5.41. The van der Waals surface area contributed by atoms with Crippen LogP contribution in [0.4, 0.5) is 5.00 Å². The maximum atomic E-state index is 12.7. The van der Waals surface area contributed by atoms with Crippen molar-refractivity contribution >= 4 is 38.1 Å². The minimum atomic E-state index is -3.21. The van der Waals surface area contributed by atoms with Crippen LogP contribution in [0.15, 0.2) is 24.3 Å². The molecular weight excluding hydrogens is 414 g/mol. The van der Waals surface area contributed by atoms with Crippen LogP contribution >= 0.6 is 11.3 Å². The molecule has 1 aliphatic rings. The highest BCUT2D eigenvalue weighted by Crippen LogP contribution is 2.38. The Kier molecular flexibility index (Phi) is 6.28. The standard InChI is InChI=1S/C20H23NO6S2/c1-4-26-20(23)17-15-8-9-29(24,25)11-16(15)28-19(17)21-18(22)13(3)27-14-7-5-6-12(2)10-14/h5-7,10,13H,4,8-9,11H2,1-3H3,(H,21,22). The van der Waals surface area contributed by atoms with E-state index in [1.165, 1.54) is 0 Å². The van der Waals surface area contributed by atoms with Crippen LogP contribution in [0, 0.1) is 6.92 Å². The Morgan fingerprint density at radius 1 is 1.31 bits per heavy atom. The van der Waals surface area contributed by atoms with Gasteiger partial charge in [-0.1, -0.05) is 12.1 Å². The monoisotopic (exact) mass is 437 g/mol. The molecular formula is C20H23NO6S2. The maximum absolute atomic E-state index is 12.7. The molecule has 29 heavy (non-hydrogen) atoms. The van der Waals surface area contributed by atoms with Crippen LogP contribution in [0.1, 0.15) is 40.2 Å². The molecule has 1 aromatic heterocycles. The van der Waals surface area contributed by atoms with E-state index in [0.29, 0.717) is 21.2 Å². The molecule has 0 spiro atoms. The van der Waals surface area contributed by atoms with Gasteiger partial charge in [-0.25, -0.2) is 13.2 Å². The minimum Gasteiger partial charge on any atom is -0.481 e. The van der Waals surface area contributed by atoms with Crippen molar-refractivity contribution in [3.63, 3.8) is 0 Å². The predicted octanol–water partition coefficient (Wildman–Crippen LogP) is 3.11. The highest BCUT2D eigenvalue weighted by molar-refractivity contribution is 7.90. The third kappa shape index (κ3) is 4.97. The smallest absolute Gasteiger partial charge is 0.341 e. The van der Waals surface area contributed by atoms with Crippen LogP contribution < -0.4 is 10.1 Å². The Hall–Kier alpha value is -2.39. The second-order valence-electron chi connectivity index (χ2n) is 6.84. The van der Waals surface area contributed by atoms with Gasteiger partial charge in [-0.05, 0) is 50.5 Å². The van der Waals surface area contributed by atoms with Crippen molar-refractivity contribution < 1.29 is 27.5 Å². The van der Waals surface area contributed by atoms with Crippen LogP contribution in [0.3, 0.4) is 0 Å². The van der Waals surface area contributed by atoms with Gasteiger partial charge in [0, 0.05) is 4.88 Å². The van der Waals surface area contributed by atoms with E-state index in [4.69, 9.17) is 9.47 Å². The second-order valence-corrected chi connectivity index (χ2v) is 10.1. The summed E-state index contributed by atoms with van der Waals surface area (Å²) in [5.74, 6) is -0.589. The number of carbonyl (C=O) groups is 2. The van der Waals surface area contributed by atoms with Gasteiger partial charge in [0.2, 0.25) is 0 Å². The largest absolute Gasteiger partial charge is 0.481 e. The third-order valence-corrected chi connectivity index (χ3v) is 7.38. The Morgan fingerprint density at radius 2 is 2.07 bits per heavy atom. The number of anilines is 1. The first-order valence-electron chi connectivity index (χ1n) is 9.26. The quantitative estimate of drug-likeness (QED) is 0.697. The van der Waals surface area contributed by atoms with E-state index in [1.54, 1.807) is 19.9 Å². The molecule has 1 atom stereocenters. The Balaban J connectivity index is 1.84. The maximum Gasteiger partial charge on any atom is 0.341 e. The number of benzene rings is 1. The number of sulfone groups is 1. The number of rotatable bonds is 6. The van der Waals surface area contributed by atoms with Crippen LogP contribution in [0.25, 0.3) is 0 Å². The molecule has 0 fully saturated rings. The molecule has 2 heterocycles. The molecule has 1 aromatic carbocycles. The summed E-state index contributed by atoms with van der Waals surface area (Å²) in [4.78, 5) is 25.7. The zero-order chi connectivity index (χ0) is 21.2. The van der Waals surface area contributed by atoms with Crippen molar-refractivity contribution in [2.45, 2.75) is 39.0 Å². The van der Waals surface area contributed by atoms with Crippen LogP contribution in [0.5, 0.6) is 5.75 Å². The van der Waals surface area contributed by atoms with E-state index in [1.807, 2.05) is 25.1 Å². The first-order valence-corrected chi connectivity index (χ1v) is 11.9. The first-order chi connectivity index (χ1) is 13.7. The Bertz CT molecular complexity index is 1040. The molecule has 9 heteroatoms. The van der Waals surface area contributed by atoms with Crippen molar-refractivity contribution in [2.24, 2.45) is 0 Å². The molecule has 3 rings (SSSR count). The van der Waals surface area contributed by atoms with Crippen molar-refractivity contribution in [3.8, 4) is 5.75 Å². The van der Waals surface area contributed by atoms with Crippen LogP contribution in [-0.2, 0) is 31.5 Å². The van der Waals surface area contributed by atoms with E-state index in [9.17, 15) is 18.0 Å². The van der Waals surface area contributed by atoms with Crippen LogP contribution in [-0.4, -0.2) is 38.8 Å². The lowest BCUT2D eigenvalue weighted by atomic mass is 10.1. The molecule has 2 aromatic rings. The van der Waals surface area contributed by atoms with Crippen molar-refractivity contribution in [2.75, 3.05) is 17.7 Å². The summed E-state index contributed by atoms with van der Waals surface area (Å²) >= 11 is 1.11. The summed E-state index contributed by atoms with van der Waals surface area (Å²) in [6, 6.07) is 7.34. The van der Waals surface area contributed by atoms with Gasteiger partial charge in [-0.2, -0.15) is 0 Å². The summed E-state index contributed by atoms with van der Waals surface area (Å²) in [7, 11) is -3.21. The number of nitrogens with one attached hydrogen (secondary N) is 1. The van der Waals surface area contributed by atoms with Gasteiger partial charge in [0.15, 0.2) is 15.9 Å². The Morgan fingerprint density at radius 3 is 2.76 bits per heavy atom. The fourth-order valence-electron chi connectivity index (χ4n) is 3.09. The first kappa shape index (κ1) is 21.3. The molecule has 0 saturated carbocycles. The number of hydrogen-bond donors (Lipinski definition) is 1. The molecule has 0 aliphatic carbocycles. The average Bonchev–Trinajstić information content (AvgIpc) is 2.97. The highest BCUT2D eigenvalue weighted by atomic mass is 32.2. The lowest BCUT2D eigenvalue weighted by Gasteiger charge is -2.15. The number of amides is 1. The molecule has 0 bridgehead atoms. The average molecular weight is 438 g/mol. The summed E-state index contributed by atoms with van der Waals surface area (Å²) in [5.41, 5.74) is 1.90. The zero-order valence-electron chi connectivity index (χ0n) is 16.5. The second kappa shape index (κ2) is 8.54. The number of aryl methyl sites for hydroxylation is 1. The topological polar surface area (TPSA) is 98.8 Å². The molecule has 7 nitrogen and oxygen atoms in total. The summed E-state index contributed by atoms with van der Waals surface area (Å²) in [5, 5.41) is 3.03. The van der Waals surface area contributed by atoms with Crippen molar-refractivity contribution in [3.05, 3.63) is 45.8 Å². The van der Waals surface area contributed by atoms with Gasteiger partial charge in [0.25, 0.3) is 5.91 Å². The summed E-state index contributed by atoms with van der Waals surface area (Å²) in [6.07, 6.45) is -0.581. The SMILES string of the molecule is CCOC(=O)c1c(NC(=O)C(C)Oc2cccc(C)c2)sc2c1CCS(=O)(=O)C2. The minimum absolute atomic E-state index is 0.0244. The summed E-state index contributed by atoms with van der Waals surface area (Å²) < 4.78 is 34.8. The fourth-order valence-corrected chi connectivity index (χ4v) is 6.13. The van der Waals surface area contributed by atoms with E-state index >= 15 is 0 Å². The van der Waals surface area contributed by atoms with Crippen molar-refractivity contribution in [1.82, 2.24) is 0 Å². The van der Waals surface area contributed by atoms with E-state index in [2.05, 4.69) is 5.32 Å². The molecule has 1 unspecified atom stereocenters. The van der Waals surface area contributed by atoms with Crippen molar-refractivity contribution in [1.29, 1.82) is 0 Å². The molecule has 0 radical (unpaired) electrons. The van der Waals surface area contributed by atoms with Gasteiger partial charge in [0.1, 0.15) is 10.8 Å². The van der Waals surface area contributed by atoms with Gasteiger partial charge in [-0.3, -0.25) is 4.79 Å². The number of ether oxygens (including phenoxy) is 2. The van der Waals surface area contributed by atoms with Gasteiger partial charge in [0.05, 0.1) is 23.7 Å². The third-order valence-electron chi connectivity index (χ3n) is 4.49. The van der Waals surface area contributed by atoms with E-state index in [0.717, 1.165) is 16.9 Å². The van der Waals surface area contributed by atoms with Gasteiger partial charge >= 0.3 is 5.97 Å². The van der Waals surface area contributed by atoms with E-state index < -0.39 is 27.8 Å². The number of esters is 1. The molecule has 1 N–H and O–H groups in total. The number of carbonyl (C=O) groups excluding carboxylic acids is 2. The van der Waals surface area contributed by atoms with Gasteiger partial charge in [-0.15, -0.1) is 11.3 Å². The zero-order valence-corrected chi connectivity index (χ0v) is 18.1. The highest BCUT2D eigenvalue weighted by Gasteiger charge is 2.32. The fraction of sp³-hybridized carbons (Fsp3) is 0.400. The number of fused-ring (bicyclic) bond motifs is 1. The molecule has 1 amide bonds. The molecule has 0 saturated heterocycles. The number of thiophene rings is 1. The lowest BCUT2D eigenvalue weighted by Crippen LogP contribution is -2.30.